The Hall–Kier alpha value is -1.80. The van der Waals surface area contributed by atoms with Gasteiger partial charge in [-0.15, -0.1) is 11.3 Å². The van der Waals surface area contributed by atoms with E-state index in [1.54, 1.807) is 11.3 Å². The zero-order chi connectivity index (χ0) is 19.0. The monoisotopic (exact) mass is 386 g/mol. The van der Waals surface area contributed by atoms with E-state index in [1.165, 1.54) is 15.0 Å². The average Bonchev–Trinajstić information content (AvgIpc) is 3.09. The van der Waals surface area contributed by atoms with Crippen molar-refractivity contribution in [3.8, 4) is 0 Å². The normalized spacial score (nSPS) is 28.5. The number of fused-ring (bicyclic) bond motifs is 1. The quantitative estimate of drug-likeness (QED) is 0.551. The van der Waals surface area contributed by atoms with Crippen molar-refractivity contribution in [2.45, 2.75) is 36.9 Å². The molecule has 3 unspecified atom stereocenters. The van der Waals surface area contributed by atoms with E-state index in [1.807, 2.05) is 36.4 Å². The van der Waals surface area contributed by atoms with Gasteiger partial charge in [-0.05, 0) is 28.6 Å². The Balaban J connectivity index is 1.58. The topological polar surface area (TPSA) is 90.2 Å². The number of aliphatic hydroxyl groups is 4. The van der Waals surface area contributed by atoms with Gasteiger partial charge in [0.25, 0.3) is 0 Å². The van der Waals surface area contributed by atoms with E-state index in [4.69, 9.17) is 4.74 Å². The molecule has 2 heterocycles. The van der Waals surface area contributed by atoms with Crippen molar-refractivity contribution in [1.82, 2.24) is 0 Å². The van der Waals surface area contributed by atoms with Crippen LogP contribution in [0.5, 0.6) is 0 Å². The first kappa shape index (κ1) is 18.6. The molecule has 1 saturated heterocycles. The Labute approximate surface area is 161 Å². The average molecular weight is 386 g/mol. The molecular formula is C21H22O5S. The predicted octanol–water partition coefficient (Wildman–Crippen LogP) is 2.01. The molecule has 0 spiro atoms. The van der Waals surface area contributed by atoms with Crippen molar-refractivity contribution in [3.63, 3.8) is 0 Å². The first-order valence-corrected chi connectivity index (χ1v) is 9.75. The molecule has 4 N–H and O–H groups in total. The smallest absolute Gasteiger partial charge is 0.113 e. The highest BCUT2D eigenvalue weighted by Gasteiger charge is 2.43. The maximum absolute atomic E-state index is 10.3. The van der Waals surface area contributed by atoms with Crippen LogP contribution in [0.1, 0.15) is 22.1 Å². The lowest BCUT2D eigenvalue weighted by molar-refractivity contribution is -0.231. The second-order valence-corrected chi connectivity index (χ2v) is 8.09. The number of thiophene rings is 1. The number of hydrogen-bond acceptors (Lipinski definition) is 6. The van der Waals surface area contributed by atoms with Crippen LogP contribution in [0.3, 0.4) is 0 Å². The lowest BCUT2D eigenvalue weighted by atomic mass is 9.90. The van der Waals surface area contributed by atoms with Crippen LogP contribution in [0.4, 0.5) is 0 Å². The van der Waals surface area contributed by atoms with Crippen molar-refractivity contribution in [2.75, 3.05) is 6.61 Å². The molecule has 3 aromatic rings. The van der Waals surface area contributed by atoms with Gasteiger partial charge in [-0.25, -0.2) is 0 Å². The van der Waals surface area contributed by atoms with Crippen LogP contribution in [0.2, 0.25) is 0 Å². The van der Waals surface area contributed by atoms with Crippen LogP contribution in [-0.4, -0.2) is 51.4 Å². The van der Waals surface area contributed by atoms with Crippen molar-refractivity contribution in [1.29, 1.82) is 0 Å². The first-order chi connectivity index (χ1) is 13.1. The maximum atomic E-state index is 10.3. The fraction of sp³-hybridized carbons (Fsp3) is 0.333. The minimum atomic E-state index is -1.37. The van der Waals surface area contributed by atoms with E-state index < -0.39 is 37.1 Å². The molecule has 0 saturated carbocycles. The number of rotatable bonds is 4. The summed E-state index contributed by atoms with van der Waals surface area (Å²) in [6.45, 7) is -0.428. The van der Waals surface area contributed by atoms with E-state index >= 15 is 0 Å². The zero-order valence-electron chi connectivity index (χ0n) is 14.6. The highest BCUT2D eigenvalue weighted by Crippen LogP contribution is 2.33. The fourth-order valence-corrected chi connectivity index (χ4v) is 4.68. The number of hydrogen-bond donors (Lipinski definition) is 4. The minimum absolute atomic E-state index is 0.428. The molecule has 0 radical (unpaired) electrons. The van der Waals surface area contributed by atoms with E-state index in [9.17, 15) is 20.4 Å². The molecular weight excluding hydrogens is 364 g/mol. The molecule has 4 rings (SSSR count). The van der Waals surface area contributed by atoms with Crippen LogP contribution >= 0.6 is 11.3 Å². The number of ether oxygens (including phenoxy) is 1. The third-order valence-electron chi connectivity index (χ3n) is 5.03. The summed E-state index contributed by atoms with van der Waals surface area (Å²) in [6, 6.07) is 18.1. The Morgan fingerprint density at radius 3 is 2.48 bits per heavy atom. The van der Waals surface area contributed by atoms with E-state index in [0.29, 0.717) is 5.56 Å². The predicted molar refractivity (Wildman–Crippen MR) is 104 cm³/mol. The Morgan fingerprint density at radius 2 is 1.70 bits per heavy atom. The molecule has 142 valence electrons. The standard InChI is InChI=1S/C21H22O5S/c22-11-16-18(23)19(24)20(25)21(26-16)14-6-3-4-12(8-14)9-15-10-13-5-1-2-7-17(13)27-15/h1-8,10,16,18-25H,9,11H2/t16?,18-,19?,20-,21?/m1/s1. The van der Waals surface area contributed by atoms with Crippen molar-refractivity contribution in [3.05, 3.63) is 70.6 Å². The molecule has 5 atom stereocenters. The van der Waals surface area contributed by atoms with Gasteiger partial charge in [0, 0.05) is 16.0 Å². The lowest BCUT2D eigenvalue weighted by Crippen LogP contribution is -2.55. The van der Waals surface area contributed by atoms with Crippen molar-refractivity contribution in [2.24, 2.45) is 0 Å². The summed E-state index contributed by atoms with van der Waals surface area (Å²) in [7, 11) is 0. The first-order valence-electron chi connectivity index (χ1n) is 8.93. The van der Waals surface area contributed by atoms with Gasteiger partial charge in [-0.1, -0.05) is 42.5 Å². The van der Waals surface area contributed by atoms with Crippen LogP contribution < -0.4 is 0 Å². The van der Waals surface area contributed by atoms with Gasteiger partial charge in [0.1, 0.15) is 30.5 Å². The van der Waals surface area contributed by atoms with Gasteiger partial charge in [0.15, 0.2) is 0 Å². The Kier molecular flexibility index (Phi) is 5.27. The summed E-state index contributed by atoms with van der Waals surface area (Å²) in [5.41, 5.74) is 1.78. The molecule has 1 fully saturated rings. The van der Waals surface area contributed by atoms with E-state index in [0.717, 1.165) is 12.0 Å². The Bertz CT molecular complexity index is 889. The summed E-state index contributed by atoms with van der Waals surface area (Å²) in [6.07, 6.45) is -4.93. The second kappa shape index (κ2) is 7.67. The summed E-state index contributed by atoms with van der Waals surface area (Å²) < 4.78 is 6.91. The highest BCUT2D eigenvalue weighted by molar-refractivity contribution is 7.19. The zero-order valence-corrected chi connectivity index (χ0v) is 15.4. The fourth-order valence-electron chi connectivity index (χ4n) is 3.58. The number of benzene rings is 2. The van der Waals surface area contributed by atoms with Gasteiger partial charge >= 0.3 is 0 Å². The van der Waals surface area contributed by atoms with Crippen LogP contribution in [0.25, 0.3) is 10.1 Å². The molecule has 6 heteroatoms. The molecule has 0 aliphatic carbocycles. The molecule has 1 aromatic heterocycles. The van der Waals surface area contributed by atoms with E-state index in [2.05, 4.69) is 18.2 Å². The third-order valence-corrected chi connectivity index (χ3v) is 6.14. The summed E-state index contributed by atoms with van der Waals surface area (Å²) in [5, 5.41) is 40.9. The maximum Gasteiger partial charge on any atom is 0.113 e. The van der Waals surface area contributed by atoms with Crippen molar-refractivity contribution < 1.29 is 25.2 Å². The van der Waals surface area contributed by atoms with Crippen LogP contribution in [0, 0.1) is 0 Å². The second-order valence-electron chi connectivity index (χ2n) is 6.92. The Morgan fingerprint density at radius 1 is 0.889 bits per heavy atom. The van der Waals surface area contributed by atoms with Gasteiger partial charge < -0.3 is 25.2 Å². The van der Waals surface area contributed by atoms with Crippen molar-refractivity contribution >= 4 is 21.4 Å². The van der Waals surface area contributed by atoms with Gasteiger partial charge in [-0.2, -0.15) is 0 Å². The molecule has 1 aliphatic rings. The molecule has 0 amide bonds. The summed E-state index contributed by atoms with van der Waals surface area (Å²) >= 11 is 1.75. The number of aliphatic hydroxyl groups excluding tert-OH is 4. The van der Waals surface area contributed by atoms with Crippen LogP contribution in [0.15, 0.2) is 54.6 Å². The van der Waals surface area contributed by atoms with Gasteiger partial charge in [0.2, 0.25) is 0 Å². The van der Waals surface area contributed by atoms with Crippen LogP contribution in [-0.2, 0) is 11.2 Å². The molecule has 1 aliphatic heterocycles. The summed E-state index contributed by atoms with van der Waals surface area (Å²) in [5.74, 6) is 0. The highest BCUT2D eigenvalue weighted by atomic mass is 32.1. The largest absolute Gasteiger partial charge is 0.394 e. The minimum Gasteiger partial charge on any atom is -0.394 e. The molecule has 2 aromatic carbocycles. The molecule has 5 nitrogen and oxygen atoms in total. The SMILES string of the molecule is OCC1OC(c2cccc(Cc3cc4ccccc4s3)c2)[C@H](O)C(O)[C@@H]1O. The lowest BCUT2D eigenvalue weighted by Gasteiger charge is -2.40. The van der Waals surface area contributed by atoms with E-state index in [-0.39, 0.29) is 0 Å². The van der Waals surface area contributed by atoms with Gasteiger partial charge in [-0.3, -0.25) is 0 Å². The third kappa shape index (κ3) is 3.65. The van der Waals surface area contributed by atoms with Gasteiger partial charge in [0.05, 0.1) is 6.61 Å². The molecule has 27 heavy (non-hydrogen) atoms. The molecule has 0 bridgehead atoms. The summed E-state index contributed by atoms with van der Waals surface area (Å²) in [4.78, 5) is 1.24.